The summed E-state index contributed by atoms with van der Waals surface area (Å²) in [7, 11) is 0. The number of aromatic nitrogens is 1. The molecule has 2 heterocycles. The molecule has 0 atom stereocenters. The van der Waals surface area contributed by atoms with E-state index >= 15 is 0 Å². The van der Waals surface area contributed by atoms with Crippen LogP contribution in [0, 0.1) is 0 Å². The molecule has 3 rings (SSSR count). The Morgan fingerprint density at radius 3 is 2.71 bits per heavy atom. The first-order chi connectivity index (χ1) is 10.2. The summed E-state index contributed by atoms with van der Waals surface area (Å²) in [5.74, 6) is 1.93. The van der Waals surface area contributed by atoms with Crippen molar-refractivity contribution in [1.29, 1.82) is 0 Å². The zero-order valence-electron chi connectivity index (χ0n) is 11.4. The highest BCUT2D eigenvalue weighted by Crippen LogP contribution is 2.20. The summed E-state index contributed by atoms with van der Waals surface area (Å²) in [6.07, 6.45) is 1.58. The van der Waals surface area contributed by atoms with Crippen molar-refractivity contribution in [3.05, 3.63) is 60.1 Å². The van der Waals surface area contributed by atoms with E-state index in [-0.39, 0.29) is 12.4 Å². The Bertz CT molecular complexity index is 726. The Morgan fingerprint density at radius 1 is 1.24 bits per heavy atom. The van der Waals surface area contributed by atoms with Crippen molar-refractivity contribution in [2.24, 2.45) is 0 Å². The van der Waals surface area contributed by atoms with E-state index in [9.17, 15) is 4.79 Å². The first-order valence-electron chi connectivity index (χ1n) is 6.45. The van der Waals surface area contributed by atoms with E-state index in [1.165, 1.54) is 6.92 Å². The third-order valence-electron chi connectivity index (χ3n) is 2.97. The highest BCUT2D eigenvalue weighted by atomic mass is 16.5. The van der Waals surface area contributed by atoms with Crippen LogP contribution in [0.15, 0.2) is 57.7 Å². The number of hydrogen-bond donors (Lipinski definition) is 0. The standard InChI is InChI=1S/C16H13NO4/c1-11(18)12-4-6-13(7-5-12)20-10-14-9-15(17-21-14)16-3-2-8-19-16/h2-9H,10H2,1H3. The molecular weight excluding hydrogens is 270 g/mol. The molecule has 0 amide bonds. The lowest BCUT2D eigenvalue weighted by molar-refractivity contribution is 0.101. The van der Waals surface area contributed by atoms with Gasteiger partial charge in [-0.1, -0.05) is 5.16 Å². The van der Waals surface area contributed by atoms with E-state index in [0.717, 1.165) is 0 Å². The van der Waals surface area contributed by atoms with Gasteiger partial charge >= 0.3 is 0 Å². The maximum Gasteiger partial charge on any atom is 0.174 e. The number of ketones is 1. The molecule has 0 bridgehead atoms. The van der Waals surface area contributed by atoms with Crippen molar-refractivity contribution in [3.63, 3.8) is 0 Å². The van der Waals surface area contributed by atoms with Crippen LogP contribution in [-0.4, -0.2) is 10.9 Å². The van der Waals surface area contributed by atoms with E-state index in [4.69, 9.17) is 13.7 Å². The van der Waals surface area contributed by atoms with Gasteiger partial charge in [-0.3, -0.25) is 4.79 Å². The molecule has 1 aromatic carbocycles. The lowest BCUT2D eigenvalue weighted by Gasteiger charge is -2.03. The maximum absolute atomic E-state index is 11.2. The topological polar surface area (TPSA) is 65.5 Å². The van der Waals surface area contributed by atoms with E-state index in [1.807, 2.05) is 6.07 Å². The first-order valence-corrected chi connectivity index (χ1v) is 6.45. The van der Waals surface area contributed by atoms with Crippen LogP contribution in [0.4, 0.5) is 0 Å². The highest BCUT2D eigenvalue weighted by molar-refractivity contribution is 5.94. The predicted octanol–water partition coefficient (Wildman–Crippen LogP) is 3.72. The van der Waals surface area contributed by atoms with Crippen LogP contribution in [0.5, 0.6) is 5.75 Å². The fraction of sp³-hybridized carbons (Fsp3) is 0.125. The van der Waals surface area contributed by atoms with Gasteiger partial charge in [0.15, 0.2) is 17.3 Å². The molecule has 0 spiro atoms. The van der Waals surface area contributed by atoms with Crippen molar-refractivity contribution in [2.75, 3.05) is 0 Å². The molecule has 5 heteroatoms. The second kappa shape index (κ2) is 5.66. The average Bonchev–Trinajstić information content (AvgIpc) is 3.16. The smallest absolute Gasteiger partial charge is 0.174 e. The van der Waals surface area contributed by atoms with Gasteiger partial charge < -0.3 is 13.7 Å². The predicted molar refractivity (Wildman–Crippen MR) is 75.0 cm³/mol. The Kier molecular flexibility index (Phi) is 3.55. The van der Waals surface area contributed by atoms with Crippen molar-refractivity contribution >= 4 is 5.78 Å². The van der Waals surface area contributed by atoms with Gasteiger partial charge in [0.25, 0.3) is 0 Å². The monoisotopic (exact) mass is 283 g/mol. The molecule has 0 radical (unpaired) electrons. The largest absolute Gasteiger partial charge is 0.486 e. The molecule has 0 saturated carbocycles. The summed E-state index contributed by atoms with van der Waals surface area (Å²) in [6.45, 7) is 1.79. The molecule has 2 aromatic heterocycles. The van der Waals surface area contributed by atoms with Crippen LogP contribution in [0.2, 0.25) is 0 Å². The Labute approximate surface area is 121 Å². The summed E-state index contributed by atoms with van der Waals surface area (Å²) in [5.41, 5.74) is 1.28. The summed E-state index contributed by atoms with van der Waals surface area (Å²) >= 11 is 0. The number of furan rings is 1. The molecule has 0 aliphatic heterocycles. The van der Waals surface area contributed by atoms with Crippen molar-refractivity contribution in [2.45, 2.75) is 13.5 Å². The number of benzene rings is 1. The number of Topliss-reactive ketones (excluding diaryl/α,β-unsaturated/α-hetero) is 1. The molecule has 21 heavy (non-hydrogen) atoms. The van der Waals surface area contributed by atoms with Crippen molar-refractivity contribution in [3.8, 4) is 17.2 Å². The van der Waals surface area contributed by atoms with Gasteiger partial charge in [-0.25, -0.2) is 0 Å². The van der Waals surface area contributed by atoms with E-state index in [1.54, 1.807) is 42.7 Å². The lowest BCUT2D eigenvalue weighted by atomic mass is 10.1. The van der Waals surface area contributed by atoms with E-state index in [2.05, 4.69) is 5.16 Å². The van der Waals surface area contributed by atoms with Crippen LogP contribution >= 0.6 is 0 Å². The second-order valence-electron chi connectivity index (χ2n) is 4.53. The van der Waals surface area contributed by atoms with E-state index < -0.39 is 0 Å². The van der Waals surface area contributed by atoms with Gasteiger partial charge in [-0.2, -0.15) is 0 Å². The summed E-state index contributed by atoms with van der Waals surface area (Å²) in [4.78, 5) is 11.2. The van der Waals surface area contributed by atoms with Gasteiger partial charge in [-0.15, -0.1) is 0 Å². The Morgan fingerprint density at radius 2 is 2.05 bits per heavy atom. The van der Waals surface area contributed by atoms with Crippen LogP contribution in [0.25, 0.3) is 11.5 Å². The summed E-state index contributed by atoms with van der Waals surface area (Å²) in [6, 6.07) is 12.3. The van der Waals surface area contributed by atoms with Crippen molar-refractivity contribution < 1.29 is 18.5 Å². The molecular formula is C16H13NO4. The normalized spacial score (nSPS) is 10.5. The average molecular weight is 283 g/mol. The molecule has 5 nitrogen and oxygen atoms in total. The molecule has 0 saturated heterocycles. The van der Waals surface area contributed by atoms with E-state index in [0.29, 0.717) is 28.5 Å². The van der Waals surface area contributed by atoms with Crippen LogP contribution in [0.1, 0.15) is 23.0 Å². The maximum atomic E-state index is 11.2. The number of carbonyl (C=O) groups is 1. The molecule has 0 fully saturated rings. The third kappa shape index (κ3) is 3.02. The minimum absolute atomic E-state index is 0.0277. The number of hydrogen-bond acceptors (Lipinski definition) is 5. The third-order valence-corrected chi connectivity index (χ3v) is 2.97. The number of nitrogens with zero attached hydrogens (tertiary/aromatic N) is 1. The van der Waals surface area contributed by atoms with Gasteiger partial charge in [0.05, 0.1) is 6.26 Å². The molecule has 3 aromatic rings. The zero-order valence-corrected chi connectivity index (χ0v) is 11.4. The highest BCUT2D eigenvalue weighted by Gasteiger charge is 2.09. The van der Waals surface area contributed by atoms with Crippen LogP contribution in [0.3, 0.4) is 0 Å². The van der Waals surface area contributed by atoms with Gasteiger partial charge in [0.1, 0.15) is 18.1 Å². The van der Waals surface area contributed by atoms with Gasteiger partial charge in [0.2, 0.25) is 0 Å². The SMILES string of the molecule is CC(=O)c1ccc(OCc2cc(-c3ccco3)no2)cc1. The lowest BCUT2D eigenvalue weighted by Crippen LogP contribution is -1.95. The zero-order chi connectivity index (χ0) is 14.7. The number of ether oxygens (including phenoxy) is 1. The molecule has 0 aliphatic carbocycles. The molecule has 0 aliphatic rings. The Balaban J connectivity index is 1.64. The molecule has 0 unspecified atom stereocenters. The second-order valence-corrected chi connectivity index (χ2v) is 4.53. The quantitative estimate of drug-likeness (QED) is 0.668. The fourth-order valence-corrected chi connectivity index (χ4v) is 1.86. The summed E-state index contributed by atoms with van der Waals surface area (Å²) in [5, 5.41) is 3.91. The number of carbonyl (C=O) groups excluding carboxylic acids is 1. The number of rotatable bonds is 5. The minimum Gasteiger partial charge on any atom is -0.486 e. The van der Waals surface area contributed by atoms with Crippen LogP contribution < -0.4 is 4.74 Å². The fourth-order valence-electron chi connectivity index (χ4n) is 1.86. The summed E-state index contributed by atoms with van der Waals surface area (Å²) < 4.78 is 16.0. The minimum atomic E-state index is 0.0277. The first kappa shape index (κ1) is 13.2. The van der Waals surface area contributed by atoms with Gasteiger partial charge in [0, 0.05) is 11.6 Å². The molecule has 106 valence electrons. The van der Waals surface area contributed by atoms with Crippen LogP contribution in [-0.2, 0) is 6.61 Å². The van der Waals surface area contributed by atoms with Crippen molar-refractivity contribution in [1.82, 2.24) is 5.16 Å². The Hall–Kier alpha value is -2.82. The van der Waals surface area contributed by atoms with Gasteiger partial charge in [-0.05, 0) is 43.3 Å². The molecule has 0 N–H and O–H groups in total.